The molecule has 2 N–H and O–H groups in total. The van der Waals surface area contributed by atoms with Crippen molar-refractivity contribution in [2.45, 2.75) is 16.4 Å². The third-order valence-electron chi connectivity index (χ3n) is 3.20. The Morgan fingerprint density at radius 1 is 1.21 bits per heavy atom. The second-order valence-electron chi connectivity index (χ2n) is 4.82. The number of hydrogen-bond donors (Lipinski definition) is 2. The van der Waals surface area contributed by atoms with Crippen molar-refractivity contribution >= 4 is 33.0 Å². The lowest BCUT2D eigenvalue weighted by atomic mass is 10.2. The highest BCUT2D eigenvalue weighted by molar-refractivity contribution is 7.93. The minimum absolute atomic E-state index is 0.198. The van der Waals surface area contributed by atoms with Gasteiger partial charge in [0.1, 0.15) is 9.46 Å². The fourth-order valence-corrected chi connectivity index (χ4v) is 4.89. The molecule has 2 aromatic rings. The van der Waals surface area contributed by atoms with Gasteiger partial charge in [0.2, 0.25) is 0 Å². The number of pyridine rings is 1. The molecule has 0 saturated heterocycles. The first-order valence-electron chi connectivity index (χ1n) is 7.20. The minimum atomic E-state index is -3.71. The van der Waals surface area contributed by atoms with Gasteiger partial charge >= 0.3 is 11.8 Å². The number of rotatable bonds is 6. The van der Waals surface area contributed by atoms with Crippen molar-refractivity contribution in [2.75, 3.05) is 13.1 Å². The average molecular weight is 367 g/mol. The van der Waals surface area contributed by atoms with E-state index in [4.69, 9.17) is 0 Å². The molecule has 24 heavy (non-hydrogen) atoms. The van der Waals surface area contributed by atoms with Gasteiger partial charge in [-0.3, -0.25) is 14.6 Å². The van der Waals surface area contributed by atoms with Crippen molar-refractivity contribution in [1.82, 2.24) is 15.6 Å². The zero-order valence-corrected chi connectivity index (χ0v) is 14.6. The van der Waals surface area contributed by atoms with Crippen molar-refractivity contribution in [3.05, 3.63) is 47.6 Å². The molecule has 0 unspecified atom stereocenters. The van der Waals surface area contributed by atoms with Crippen molar-refractivity contribution in [2.24, 2.45) is 0 Å². The molecule has 1 atom stereocenters. The summed E-state index contributed by atoms with van der Waals surface area (Å²) in [5.41, 5.74) is 0.446. The van der Waals surface area contributed by atoms with E-state index in [1.165, 1.54) is 18.5 Å². The molecule has 0 aliphatic rings. The topological polar surface area (TPSA) is 105 Å². The Morgan fingerprint density at radius 2 is 1.96 bits per heavy atom. The second-order valence-corrected chi connectivity index (χ2v) is 8.13. The molecule has 128 valence electrons. The Labute approximate surface area is 144 Å². The van der Waals surface area contributed by atoms with Crippen LogP contribution < -0.4 is 10.6 Å². The van der Waals surface area contributed by atoms with Crippen LogP contribution in [0.1, 0.15) is 17.7 Å². The van der Waals surface area contributed by atoms with Crippen LogP contribution in [0.4, 0.5) is 0 Å². The maximum Gasteiger partial charge on any atom is 0.309 e. The van der Waals surface area contributed by atoms with Crippen LogP contribution in [0, 0.1) is 0 Å². The summed E-state index contributed by atoms with van der Waals surface area (Å²) in [5, 5.41) is 5.39. The highest BCUT2D eigenvalue weighted by Crippen LogP contribution is 2.30. The summed E-state index contributed by atoms with van der Waals surface area (Å²) in [5.74, 6) is -1.66. The van der Waals surface area contributed by atoms with Crippen LogP contribution >= 0.6 is 11.3 Å². The summed E-state index contributed by atoms with van der Waals surface area (Å²) in [4.78, 5) is 27.2. The molecule has 2 heterocycles. The Kier molecular flexibility index (Phi) is 6.04. The molecule has 0 fully saturated rings. The van der Waals surface area contributed by atoms with E-state index in [1.807, 2.05) is 0 Å². The van der Waals surface area contributed by atoms with E-state index in [1.54, 1.807) is 30.5 Å². The number of hydrogen-bond acceptors (Lipinski definition) is 6. The quantitative estimate of drug-likeness (QED) is 0.739. The first-order valence-corrected chi connectivity index (χ1v) is 9.62. The van der Waals surface area contributed by atoms with Crippen LogP contribution in [0.25, 0.3) is 0 Å². The molecule has 9 heteroatoms. The molecule has 0 spiro atoms. The van der Waals surface area contributed by atoms with Gasteiger partial charge < -0.3 is 10.6 Å². The Balaban J connectivity index is 2.25. The molecule has 7 nitrogen and oxygen atoms in total. The molecule has 2 aromatic heterocycles. The van der Waals surface area contributed by atoms with Crippen LogP contribution in [-0.4, -0.2) is 38.3 Å². The average Bonchev–Trinajstić information content (AvgIpc) is 3.11. The monoisotopic (exact) mass is 367 g/mol. The number of nitrogens with zero attached hydrogens (tertiary/aromatic N) is 1. The first-order chi connectivity index (χ1) is 11.5. The molecule has 0 radical (unpaired) electrons. The lowest BCUT2D eigenvalue weighted by Gasteiger charge is -2.17. The maximum absolute atomic E-state index is 12.8. The van der Waals surface area contributed by atoms with Crippen LogP contribution in [0.15, 0.2) is 46.2 Å². The standard InChI is InChI=1S/C15H17N3O4S2/c1-2-17-14(19)15(20)18-10-12(11-5-3-7-16-9-11)24(21,22)13-6-4-8-23-13/h3-9,12H,2,10H2,1H3,(H,17,19)(H,18,20)/t12-/m0/s1. The predicted molar refractivity (Wildman–Crippen MR) is 90.2 cm³/mol. The number of likely N-dealkylation sites (N-methyl/N-ethyl adjacent to an activating group) is 1. The lowest BCUT2D eigenvalue weighted by Crippen LogP contribution is -2.42. The predicted octanol–water partition coefficient (Wildman–Crippen LogP) is 0.910. The van der Waals surface area contributed by atoms with Crippen LogP contribution in [0.3, 0.4) is 0 Å². The van der Waals surface area contributed by atoms with Crippen LogP contribution in [0.2, 0.25) is 0 Å². The van der Waals surface area contributed by atoms with Crippen molar-refractivity contribution in [3.8, 4) is 0 Å². The van der Waals surface area contributed by atoms with Crippen LogP contribution in [0.5, 0.6) is 0 Å². The second kappa shape index (κ2) is 8.02. The van der Waals surface area contributed by atoms with Crippen molar-refractivity contribution in [3.63, 3.8) is 0 Å². The van der Waals surface area contributed by atoms with Crippen molar-refractivity contribution < 1.29 is 18.0 Å². The third-order valence-corrected chi connectivity index (χ3v) is 6.73. The van der Waals surface area contributed by atoms with Gasteiger partial charge in [-0.25, -0.2) is 8.42 Å². The molecule has 0 aliphatic carbocycles. The number of aromatic nitrogens is 1. The molecule has 2 rings (SSSR count). The van der Waals surface area contributed by atoms with Gasteiger partial charge in [-0.05, 0) is 30.0 Å². The highest BCUT2D eigenvalue weighted by atomic mass is 32.2. The smallest absolute Gasteiger partial charge is 0.309 e. The Hall–Kier alpha value is -2.26. The van der Waals surface area contributed by atoms with Gasteiger partial charge in [-0.1, -0.05) is 12.1 Å². The molecule has 2 amide bonds. The van der Waals surface area contributed by atoms with E-state index < -0.39 is 26.9 Å². The van der Waals surface area contributed by atoms with Gasteiger partial charge in [0.15, 0.2) is 9.84 Å². The molecule has 0 saturated carbocycles. The van der Waals surface area contributed by atoms with Crippen molar-refractivity contribution in [1.29, 1.82) is 0 Å². The van der Waals surface area contributed by atoms with Gasteiger partial charge in [-0.2, -0.15) is 0 Å². The van der Waals surface area contributed by atoms with Gasteiger partial charge in [-0.15, -0.1) is 11.3 Å². The molecule has 0 aliphatic heterocycles. The van der Waals surface area contributed by atoms with E-state index in [0.717, 1.165) is 11.3 Å². The molecular weight excluding hydrogens is 350 g/mol. The molecular formula is C15H17N3O4S2. The molecule has 0 bridgehead atoms. The fourth-order valence-electron chi connectivity index (χ4n) is 2.05. The Morgan fingerprint density at radius 3 is 2.54 bits per heavy atom. The number of amides is 2. The van der Waals surface area contributed by atoms with Gasteiger partial charge in [0, 0.05) is 25.5 Å². The summed E-state index contributed by atoms with van der Waals surface area (Å²) >= 11 is 1.10. The largest absolute Gasteiger partial charge is 0.348 e. The summed E-state index contributed by atoms with van der Waals surface area (Å²) in [7, 11) is -3.71. The maximum atomic E-state index is 12.8. The zero-order chi connectivity index (χ0) is 17.6. The lowest BCUT2D eigenvalue weighted by molar-refractivity contribution is -0.139. The summed E-state index contributed by atoms with van der Waals surface area (Å²) in [6.45, 7) is 1.78. The van der Waals surface area contributed by atoms with Gasteiger partial charge in [0.05, 0.1) is 0 Å². The van der Waals surface area contributed by atoms with E-state index in [0.29, 0.717) is 12.1 Å². The van der Waals surface area contributed by atoms with E-state index >= 15 is 0 Å². The van der Waals surface area contributed by atoms with Gasteiger partial charge in [0.25, 0.3) is 0 Å². The molecule has 0 aromatic carbocycles. The summed E-state index contributed by atoms with van der Waals surface area (Å²) < 4.78 is 25.9. The summed E-state index contributed by atoms with van der Waals surface area (Å²) in [6.07, 6.45) is 2.97. The number of carbonyl (C=O) groups excluding carboxylic acids is 2. The number of carbonyl (C=O) groups is 2. The zero-order valence-electron chi connectivity index (χ0n) is 12.9. The SMILES string of the molecule is CCNC(=O)C(=O)NC[C@@H](c1cccnc1)S(=O)(=O)c1cccs1. The number of sulfone groups is 1. The number of thiophene rings is 1. The van der Waals surface area contributed by atoms with E-state index in [2.05, 4.69) is 15.6 Å². The van der Waals surface area contributed by atoms with Crippen LogP contribution in [-0.2, 0) is 19.4 Å². The summed E-state index contributed by atoms with van der Waals surface area (Å²) in [6, 6.07) is 6.40. The highest BCUT2D eigenvalue weighted by Gasteiger charge is 2.31. The fraction of sp³-hybridized carbons (Fsp3) is 0.267. The van der Waals surface area contributed by atoms with E-state index in [9.17, 15) is 18.0 Å². The normalized spacial score (nSPS) is 12.4. The Bertz CT molecular complexity index is 789. The minimum Gasteiger partial charge on any atom is -0.348 e. The first kappa shape index (κ1) is 18.1. The van der Waals surface area contributed by atoms with E-state index in [-0.39, 0.29) is 10.8 Å². The number of nitrogens with one attached hydrogen (secondary N) is 2. The third kappa shape index (κ3) is 4.18.